The molecule has 2 rings (SSSR count). The molecule has 1 aromatic carbocycles. The normalized spacial score (nSPS) is 21.1. The van der Waals surface area contributed by atoms with Gasteiger partial charge in [-0.25, -0.2) is 0 Å². The van der Waals surface area contributed by atoms with Gasteiger partial charge in [0.05, 0.1) is 6.54 Å². The summed E-state index contributed by atoms with van der Waals surface area (Å²) in [5.41, 5.74) is 1.23. The molecule has 16 heavy (non-hydrogen) atoms. The molecule has 1 heterocycles. The minimum absolute atomic E-state index is 0.157. The van der Waals surface area contributed by atoms with Gasteiger partial charge in [-0.3, -0.25) is 4.99 Å². The van der Waals surface area contributed by atoms with Crippen molar-refractivity contribution in [1.82, 2.24) is 5.32 Å². The molecule has 1 aliphatic rings. The van der Waals surface area contributed by atoms with Crippen LogP contribution in [0.5, 0.6) is 0 Å². The van der Waals surface area contributed by atoms with E-state index in [9.17, 15) is 0 Å². The summed E-state index contributed by atoms with van der Waals surface area (Å²) in [6.45, 7) is 5.00. The highest BCUT2D eigenvalue weighted by atomic mass is 35.5. The molecule has 1 aliphatic heterocycles. The molecule has 0 saturated carbocycles. The van der Waals surface area contributed by atoms with Crippen LogP contribution in [0.1, 0.15) is 19.4 Å². The molecule has 0 aromatic heterocycles. The summed E-state index contributed by atoms with van der Waals surface area (Å²) >= 11 is 7.84. The molecule has 0 unspecified atom stereocenters. The topological polar surface area (TPSA) is 24.4 Å². The van der Waals surface area contributed by atoms with Crippen LogP contribution in [-0.4, -0.2) is 16.5 Å². The Hall–Kier alpha value is -0.670. The molecule has 86 valence electrons. The van der Waals surface area contributed by atoms with Gasteiger partial charge in [0, 0.05) is 16.3 Å². The molecular formula is C12H15ClN2S. The van der Waals surface area contributed by atoms with Gasteiger partial charge in [0.1, 0.15) is 0 Å². The maximum Gasteiger partial charge on any atom is 0.157 e. The lowest BCUT2D eigenvalue weighted by Gasteiger charge is -2.15. The van der Waals surface area contributed by atoms with Crippen LogP contribution in [0.15, 0.2) is 29.3 Å². The van der Waals surface area contributed by atoms with E-state index in [4.69, 9.17) is 11.6 Å². The second-order valence-corrected chi connectivity index (χ2v) is 5.88. The Morgan fingerprint density at radius 3 is 2.81 bits per heavy atom. The predicted molar refractivity (Wildman–Crippen MR) is 72.3 cm³/mol. The summed E-state index contributed by atoms with van der Waals surface area (Å²) in [6, 6.07) is 7.83. The van der Waals surface area contributed by atoms with E-state index in [-0.39, 0.29) is 5.54 Å². The largest absolute Gasteiger partial charge is 0.359 e. The van der Waals surface area contributed by atoms with Crippen LogP contribution in [0.4, 0.5) is 0 Å². The number of hydrogen-bond acceptors (Lipinski definition) is 2. The van der Waals surface area contributed by atoms with E-state index >= 15 is 0 Å². The summed E-state index contributed by atoms with van der Waals surface area (Å²) in [7, 11) is 0. The molecule has 1 aromatic rings. The lowest BCUT2D eigenvalue weighted by molar-refractivity contribution is 0.536. The number of benzene rings is 1. The number of rotatable bonds is 2. The standard InChI is InChI=1S/C12H15ClN2S/c1-12(2)8-16-11(15-12)14-7-9-5-3-4-6-10(9)13/h3-6H,7-8H2,1-2H3,(H,14,15). The Labute approximate surface area is 105 Å². The third-order valence-corrected chi connectivity index (χ3v) is 4.11. The quantitative estimate of drug-likeness (QED) is 0.876. The molecule has 0 radical (unpaired) electrons. The zero-order valence-corrected chi connectivity index (χ0v) is 11.0. The first-order valence-electron chi connectivity index (χ1n) is 5.26. The Morgan fingerprint density at radius 2 is 2.19 bits per heavy atom. The highest BCUT2D eigenvalue weighted by molar-refractivity contribution is 8.14. The van der Waals surface area contributed by atoms with Crippen molar-refractivity contribution in [2.24, 2.45) is 4.99 Å². The number of aliphatic imine (C=N–C) groups is 1. The predicted octanol–water partition coefficient (Wildman–Crippen LogP) is 3.31. The Kier molecular flexibility index (Phi) is 3.45. The zero-order chi connectivity index (χ0) is 11.6. The summed E-state index contributed by atoms with van der Waals surface area (Å²) in [6.07, 6.45) is 0. The van der Waals surface area contributed by atoms with Gasteiger partial charge in [-0.2, -0.15) is 0 Å². The summed E-state index contributed by atoms with van der Waals surface area (Å²) < 4.78 is 0. The molecule has 4 heteroatoms. The number of halogens is 1. The summed E-state index contributed by atoms with van der Waals surface area (Å²) in [5, 5.41) is 5.19. The molecule has 0 aliphatic carbocycles. The van der Waals surface area contributed by atoms with E-state index in [1.54, 1.807) is 11.8 Å². The van der Waals surface area contributed by atoms with Crippen molar-refractivity contribution in [3.05, 3.63) is 34.9 Å². The average molecular weight is 255 g/mol. The van der Waals surface area contributed by atoms with E-state index in [1.807, 2.05) is 24.3 Å². The van der Waals surface area contributed by atoms with Gasteiger partial charge >= 0.3 is 0 Å². The summed E-state index contributed by atoms with van der Waals surface area (Å²) in [4.78, 5) is 4.53. The van der Waals surface area contributed by atoms with Crippen molar-refractivity contribution >= 4 is 28.5 Å². The van der Waals surface area contributed by atoms with Crippen LogP contribution >= 0.6 is 23.4 Å². The molecule has 1 saturated heterocycles. The van der Waals surface area contributed by atoms with Crippen LogP contribution in [-0.2, 0) is 6.54 Å². The number of nitrogens with one attached hydrogen (secondary N) is 1. The lowest BCUT2D eigenvalue weighted by atomic mass is 10.1. The Balaban J connectivity index is 2.03. The third kappa shape index (κ3) is 2.92. The fraction of sp³-hybridized carbons (Fsp3) is 0.417. The fourth-order valence-corrected chi connectivity index (χ4v) is 2.75. The van der Waals surface area contributed by atoms with Crippen molar-refractivity contribution in [3.63, 3.8) is 0 Å². The van der Waals surface area contributed by atoms with Crippen LogP contribution in [0.2, 0.25) is 5.02 Å². The maximum absolute atomic E-state index is 6.07. The molecule has 1 fully saturated rings. The van der Waals surface area contributed by atoms with Gasteiger partial charge in [-0.15, -0.1) is 0 Å². The van der Waals surface area contributed by atoms with E-state index < -0.39 is 0 Å². The van der Waals surface area contributed by atoms with Crippen molar-refractivity contribution in [3.8, 4) is 0 Å². The Bertz CT molecular complexity index is 415. The first-order chi connectivity index (χ1) is 7.57. The van der Waals surface area contributed by atoms with Crippen molar-refractivity contribution in [2.45, 2.75) is 25.9 Å². The molecule has 0 bridgehead atoms. The van der Waals surface area contributed by atoms with Crippen molar-refractivity contribution < 1.29 is 0 Å². The first kappa shape index (κ1) is 11.8. The van der Waals surface area contributed by atoms with Gasteiger partial charge in [0.25, 0.3) is 0 Å². The lowest BCUT2D eigenvalue weighted by Crippen LogP contribution is -2.36. The highest BCUT2D eigenvalue weighted by Gasteiger charge is 2.26. The molecule has 0 atom stereocenters. The smallest absolute Gasteiger partial charge is 0.157 e. The van der Waals surface area contributed by atoms with E-state index in [0.29, 0.717) is 6.54 Å². The van der Waals surface area contributed by atoms with E-state index in [0.717, 1.165) is 21.5 Å². The average Bonchev–Trinajstić information content (AvgIpc) is 2.57. The number of nitrogens with zero attached hydrogens (tertiary/aromatic N) is 1. The summed E-state index contributed by atoms with van der Waals surface area (Å²) in [5.74, 6) is 1.06. The Morgan fingerprint density at radius 1 is 1.44 bits per heavy atom. The number of amidine groups is 1. The SMILES string of the molecule is CC1(C)CSC(=NCc2ccccc2Cl)N1. The second-order valence-electron chi connectivity index (χ2n) is 4.51. The number of hydrogen-bond donors (Lipinski definition) is 1. The number of thioether (sulfide) groups is 1. The van der Waals surface area contributed by atoms with Gasteiger partial charge in [-0.05, 0) is 25.5 Å². The molecular weight excluding hydrogens is 240 g/mol. The first-order valence-corrected chi connectivity index (χ1v) is 6.62. The highest BCUT2D eigenvalue weighted by Crippen LogP contribution is 2.23. The maximum atomic E-state index is 6.07. The monoisotopic (exact) mass is 254 g/mol. The minimum Gasteiger partial charge on any atom is -0.359 e. The third-order valence-electron chi connectivity index (χ3n) is 2.37. The van der Waals surface area contributed by atoms with Gasteiger partial charge in [-0.1, -0.05) is 41.6 Å². The molecule has 0 spiro atoms. The molecule has 0 amide bonds. The second kappa shape index (κ2) is 4.68. The van der Waals surface area contributed by atoms with Crippen molar-refractivity contribution in [1.29, 1.82) is 0 Å². The van der Waals surface area contributed by atoms with E-state index in [1.165, 1.54) is 0 Å². The van der Waals surface area contributed by atoms with Gasteiger partial charge in [0.2, 0.25) is 0 Å². The van der Waals surface area contributed by atoms with Crippen LogP contribution in [0.3, 0.4) is 0 Å². The van der Waals surface area contributed by atoms with Crippen LogP contribution < -0.4 is 5.32 Å². The molecule has 2 nitrogen and oxygen atoms in total. The van der Waals surface area contributed by atoms with E-state index in [2.05, 4.69) is 24.2 Å². The van der Waals surface area contributed by atoms with Crippen molar-refractivity contribution in [2.75, 3.05) is 5.75 Å². The zero-order valence-electron chi connectivity index (χ0n) is 9.46. The van der Waals surface area contributed by atoms with Gasteiger partial charge < -0.3 is 5.32 Å². The molecule has 1 N–H and O–H groups in total. The minimum atomic E-state index is 0.157. The van der Waals surface area contributed by atoms with Crippen LogP contribution in [0.25, 0.3) is 0 Å². The van der Waals surface area contributed by atoms with Gasteiger partial charge in [0.15, 0.2) is 5.17 Å². The van der Waals surface area contributed by atoms with Crippen LogP contribution in [0, 0.1) is 0 Å². The fourth-order valence-electron chi connectivity index (χ4n) is 1.48.